The van der Waals surface area contributed by atoms with E-state index in [0.717, 1.165) is 23.7 Å². The summed E-state index contributed by atoms with van der Waals surface area (Å²) in [7, 11) is -3.47. The summed E-state index contributed by atoms with van der Waals surface area (Å²) in [6.07, 6.45) is 3.10. The fourth-order valence-corrected chi connectivity index (χ4v) is 4.50. The second-order valence-electron chi connectivity index (χ2n) is 5.81. The summed E-state index contributed by atoms with van der Waals surface area (Å²) >= 11 is 3.31. The molecule has 120 valence electrons. The molecule has 0 radical (unpaired) electrons. The summed E-state index contributed by atoms with van der Waals surface area (Å²) < 4.78 is 27.5. The Morgan fingerprint density at radius 1 is 1.05 bits per heavy atom. The number of carbonyl (C=O) groups excluding carboxylic acids is 1. The smallest absolute Gasteiger partial charge is 0.243 e. The van der Waals surface area contributed by atoms with Crippen molar-refractivity contribution in [3.05, 3.63) is 28.7 Å². The minimum atomic E-state index is -3.47. The minimum Gasteiger partial charge on any atom is -0.340 e. The van der Waals surface area contributed by atoms with Gasteiger partial charge in [-0.2, -0.15) is 4.31 Å². The number of carbonyl (C=O) groups is 1. The average Bonchev–Trinajstić information content (AvgIpc) is 2.46. The Hall–Kier alpha value is -0.920. The molecule has 0 N–H and O–H groups in total. The minimum absolute atomic E-state index is 0.176. The van der Waals surface area contributed by atoms with E-state index in [4.69, 9.17) is 0 Å². The fraction of sp³-hybridized carbons (Fsp3) is 0.533. The summed E-state index contributed by atoms with van der Waals surface area (Å²) in [5, 5.41) is 0. The topological polar surface area (TPSA) is 57.7 Å². The van der Waals surface area contributed by atoms with Crippen molar-refractivity contribution in [1.82, 2.24) is 9.21 Å². The zero-order valence-corrected chi connectivity index (χ0v) is 14.6. The molecule has 7 heteroatoms. The SMILES string of the molecule is O=C(C1CCC1)N1CCN(S(=O)(=O)c2ccc(Br)cc2)CC1. The van der Waals surface area contributed by atoms with Crippen LogP contribution >= 0.6 is 15.9 Å². The molecule has 1 aliphatic carbocycles. The molecule has 1 heterocycles. The van der Waals surface area contributed by atoms with Crippen molar-refractivity contribution >= 4 is 31.9 Å². The number of amides is 1. The van der Waals surface area contributed by atoms with Crippen molar-refractivity contribution in [2.45, 2.75) is 24.2 Å². The molecule has 1 aromatic rings. The lowest BCUT2D eigenvalue weighted by molar-refractivity contribution is -0.139. The van der Waals surface area contributed by atoms with Crippen LogP contribution in [0.3, 0.4) is 0 Å². The van der Waals surface area contributed by atoms with Gasteiger partial charge >= 0.3 is 0 Å². The van der Waals surface area contributed by atoms with Gasteiger partial charge in [0.1, 0.15) is 0 Å². The lowest BCUT2D eigenvalue weighted by Gasteiger charge is -2.37. The summed E-state index contributed by atoms with van der Waals surface area (Å²) in [5.74, 6) is 0.376. The molecule has 3 rings (SSSR count). The van der Waals surface area contributed by atoms with Gasteiger partial charge in [0.15, 0.2) is 0 Å². The van der Waals surface area contributed by atoms with Crippen LogP contribution in [0.15, 0.2) is 33.6 Å². The Morgan fingerprint density at radius 2 is 1.64 bits per heavy atom. The molecule has 1 aliphatic heterocycles. The van der Waals surface area contributed by atoms with Gasteiger partial charge in [-0.25, -0.2) is 8.42 Å². The van der Waals surface area contributed by atoms with Gasteiger partial charge in [0, 0.05) is 36.6 Å². The van der Waals surface area contributed by atoms with Gasteiger partial charge in [-0.15, -0.1) is 0 Å². The number of nitrogens with zero attached hydrogens (tertiary/aromatic N) is 2. The number of benzene rings is 1. The highest BCUT2D eigenvalue weighted by molar-refractivity contribution is 9.10. The summed E-state index contributed by atoms with van der Waals surface area (Å²) in [5.41, 5.74) is 0. The first-order valence-electron chi connectivity index (χ1n) is 7.53. The fourth-order valence-electron chi connectivity index (χ4n) is 2.82. The standard InChI is InChI=1S/C15H19BrN2O3S/c16-13-4-6-14(7-5-13)22(20,21)18-10-8-17(9-11-18)15(19)12-2-1-3-12/h4-7,12H,1-3,8-11H2. The van der Waals surface area contributed by atoms with E-state index >= 15 is 0 Å². The third kappa shape index (κ3) is 3.07. The zero-order valence-electron chi connectivity index (χ0n) is 12.2. The molecular formula is C15H19BrN2O3S. The number of hydrogen-bond acceptors (Lipinski definition) is 3. The maximum Gasteiger partial charge on any atom is 0.243 e. The Morgan fingerprint density at radius 3 is 2.14 bits per heavy atom. The van der Waals surface area contributed by atoms with Crippen LogP contribution in [-0.2, 0) is 14.8 Å². The van der Waals surface area contributed by atoms with E-state index in [1.807, 2.05) is 4.90 Å². The number of halogens is 1. The molecule has 2 fully saturated rings. The average molecular weight is 387 g/mol. The molecule has 5 nitrogen and oxygen atoms in total. The highest BCUT2D eigenvalue weighted by Gasteiger charge is 2.34. The van der Waals surface area contributed by atoms with Gasteiger partial charge in [-0.3, -0.25) is 4.79 Å². The van der Waals surface area contributed by atoms with Crippen LogP contribution in [0, 0.1) is 5.92 Å². The molecule has 0 atom stereocenters. The lowest BCUT2D eigenvalue weighted by atomic mass is 9.84. The lowest BCUT2D eigenvalue weighted by Crippen LogP contribution is -2.52. The first kappa shape index (κ1) is 16.0. The summed E-state index contributed by atoms with van der Waals surface area (Å²) in [6, 6.07) is 6.66. The van der Waals surface area contributed by atoms with Gasteiger partial charge < -0.3 is 4.90 Å². The van der Waals surface area contributed by atoms with E-state index in [0.29, 0.717) is 31.1 Å². The summed E-state index contributed by atoms with van der Waals surface area (Å²) in [4.78, 5) is 14.3. The van der Waals surface area contributed by atoms with Crippen molar-refractivity contribution in [3.8, 4) is 0 Å². The van der Waals surface area contributed by atoms with Crippen LogP contribution in [0.5, 0.6) is 0 Å². The van der Waals surface area contributed by atoms with Crippen LogP contribution < -0.4 is 0 Å². The molecule has 0 unspecified atom stereocenters. The Bertz CT molecular complexity index is 648. The quantitative estimate of drug-likeness (QED) is 0.798. The molecule has 0 bridgehead atoms. The zero-order chi connectivity index (χ0) is 15.7. The van der Waals surface area contributed by atoms with E-state index in [2.05, 4.69) is 15.9 Å². The third-order valence-corrected chi connectivity index (χ3v) is 6.90. The predicted molar refractivity (Wildman–Crippen MR) is 86.8 cm³/mol. The van der Waals surface area contributed by atoms with Gasteiger partial charge in [0.05, 0.1) is 4.90 Å². The molecule has 1 aromatic carbocycles. The van der Waals surface area contributed by atoms with E-state index in [1.54, 1.807) is 24.3 Å². The molecule has 0 spiro atoms. The van der Waals surface area contributed by atoms with E-state index < -0.39 is 10.0 Å². The molecular weight excluding hydrogens is 368 g/mol. The molecule has 22 heavy (non-hydrogen) atoms. The molecule has 1 saturated heterocycles. The normalized spacial score (nSPS) is 20.7. The van der Waals surface area contributed by atoms with Crippen LogP contribution in [0.2, 0.25) is 0 Å². The van der Waals surface area contributed by atoms with Crippen LogP contribution in [0.25, 0.3) is 0 Å². The van der Waals surface area contributed by atoms with E-state index in [-0.39, 0.29) is 11.8 Å². The number of rotatable bonds is 3. The van der Waals surface area contributed by atoms with E-state index in [9.17, 15) is 13.2 Å². The maximum absolute atomic E-state index is 12.6. The first-order valence-corrected chi connectivity index (χ1v) is 9.76. The predicted octanol–water partition coefficient (Wildman–Crippen LogP) is 2.08. The van der Waals surface area contributed by atoms with E-state index in [1.165, 1.54) is 4.31 Å². The monoisotopic (exact) mass is 386 g/mol. The number of sulfonamides is 1. The van der Waals surface area contributed by atoms with Crippen molar-refractivity contribution in [3.63, 3.8) is 0 Å². The second kappa shape index (κ2) is 6.29. The number of piperazine rings is 1. The largest absolute Gasteiger partial charge is 0.340 e. The van der Waals surface area contributed by atoms with Gasteiger partial charge in [0.2, 0.25) is 15.9 Å². The van der Waals surface area contributed by atoms with Crippen LogP contribution in [0.1, 0.15) is 19.3 Å². The van der Waals surface area contributed by atoms with Crippen molar-refractivity contribution in [1.29, 1.82) is 0 Å². The summed E-state index contributed by atoms with van der Waals surface area (Å²) in [6.45, 7) is 1.73. The Labute approximate surface area is 139 Å². The van der Waals surface area contributed by atoms with Crippen LogP contribution in [-0.4, -0.2) is 49.7 Å². The number of hydrogen-bond donors (Lipinski definition) is 0. The van der Waals surface area contributed by atoms with Gasteiger partial charge in [-0.1, -0.05) is 22.4 Å². The van der Waals surface area contributed by atoms with Gasteiger partial charge in [0.25, 0.3) is 0 Å². The highest BCUT2D eigenvalue weighted by Crippen LogP contribution is 2.29. The first-order chi connectivity index (χ1) is 10.5. The molecule has 1 amide bonds. The molecule has 2 aliphatic rings. The van der Waals surface area contributed by atoms with Crippen molar-refractivity contribution in [2.75, 3.05) is 26.2 Å². The Balaban J connectivity index is 1.65. The molecule has 0 aromatic heterocycles. The second-order valence-corrected chi connectivity index (χ2v) is 8.66. The highest BCUT2D eigenvalue weighted by atomic mass is 79.9. The third-order valence-electron chi connectivity index (χ3n) is 4.46. The Kier molecular flexibility index (Phi) is 4.56. The molecule has 1 saturated carbocycles. The van der Waals surface area contributed by atoms with Crippen molar-refractivity contribution in [2.24, 2.45) is 5.92 Å². The maximum atomic E-state index is 12.6. The van der Waals surface area contributed by atoms with Crippen LogP contribution in [0.4, 0.5) is 0 Å². The van der Waals surface area contributed by atoms with Crippen molar-refractivity contribution < 1.29 is 13.2 Å². The van der Waals surface area contributed by atoms with Gasteiger partial charge in [-0.05, 0) is 37.1 Å².